The van der Waals surface area contributed by atoms with Crippen LogP contribution in [-0.4, -0.2) is 19.9 Å². The molecule has 0 saturated heterocycles. The molecule has 0 unspecified atom stereocenters. The quantitative estimate of drug-likeness (QED) is 0.716. The highest BCUT2D eigenvalue weighted by atomic mass is 16.3. The van der Waals surface area contributed by atoms with Gasteiger partial charge in [0.25, 0.3) is 0 Å². The highest BCUT2D eigenvalue weighted by molar-refractivity contribution is 5.37. The molecule has 1 aromatic heterocycles. The fourth-order valence-corrected chi connectivity index (χ4v) is 1.10. The van der Waals surface area contributed by atoms with E-state index < -0.39 is 0 Å². The van der Waals surface area contributed by atoms with Gasteiger partial charge in [0.1, 0.15) is 18.1 Å². The summed E-state index contributed by atoms with van der Waals surface area (Å²) in [5.41, 5.74) is 0.692. The Labute approximate surface area is 79.9 Å². The number of phenols is 1. The SMILES string of the molecule is N#Cc1ncnn1-c1ccc(O)cc1. The van der Waals surface area contributed by atoms with Crippen LogP contribution < -0.4 is 0 Å². The maximum absolute atomic E-state index is 9.07. The fourth-order valence-electron chi connectivity index (χ4n) is 1.10. The van der Waals surface area contributed by atoms with Crippen molar-refractivity contribution in [2.75, 3.05) is 0 Å². The van der Waals surface area contributed by atoms with Crippen molar-refractivity contribution < 1.29 is 5.11 Å². The highest BCUT2D eigenvalue weighted by Gasteiger charge is 2.04. The van der Waals surface area contributed by atoms with E-state index in [0.29, 0.717) is 5.69 Å². The number of nitriles is 1. The summed E-state index contributed by atoms with van der Waals surface area (Å²) in [6, 6.07) is 8.28. The first-order valence-corrected chi connectivity index (χ1v) is 3.91. The Hall–Kier alpha value is -2.35. The molecule has 0 aliphatic carbocycles. The van der Waals surface area contributed by atoms with Crippen molar-refractivity contribution in [2.24, 2.45) is 0 Å². The fraction of sp³-hybridized carbons (Fsp3) is 0. The van der Waals surface area contributed by atoms with Crippen LogP contribution in [0.2, 0.25) is 0 Å². The molecule has 0 amide bonds. The van der Waals surface area contributed by atoms with Crippen LogP contribution in [0, 0.1) is 11.3 Å². The molecule has 2 aromatic rings. The lowest BCUT2D eigenvalue weighted by Crippen LogP contribution is -1.99. The molecule has 5 heteroatoms. The molecular weight excluding hydrogens is 180 g/mol. The summed E-state index contributed by atoms with van der Waals surface area (Å²) in [6.07, 6.45) is 1.31. The van der Waals surface area contributed by atoms with E-state index in [9.17, 15) is 0 Å². The molecule has 0 atom stereocenters. The van der Waals surface area contributed by atoms with Gasteiger partial charge in [-0.2, -0.15) is 10.4 Å². The van der Waals surface area contributed by atoms with Crippen molar-refractivity contribution in [1.82, 2.24) is 14.8 Å². The Bertz CT molecular complexity index is 480. The number of benzene rings is 1. The molecule has 14 heavy (non-hydrogen) atoms. The standard InChI is InChI=1S/C9H6N4O/c10-5-9-11-6-12-13(9)7-1-3-8(14)4-2-7/h1-4,6,14H. The van der Waals surface area contributed by atoms with Gasteiger partial charge in [-0.1, -0.05) is 0 Å². The molecule has 0 aliphatic rings. The Morgan fingerprint density at radius 3 is 2.64 bits per heavy atom. The first-order chi connectivity index (χ1) is 6.81. The number of hydrogen-bond acceptors (Lipinski definition) is 4. The summed E-state index contributed by atoms with van der Waals surface area (Å²) in [4.78, 5) is 3.76. The second-order valence-electron chi connectivity index (χ2n) is 2.62. The topological polar surface area (TPSA) is 74.7 Å². The van der Waals surface area contributed by atoms with E-state index >= 15 is 0 Å². The van der Waals surface area contributed by atoms with Crippen molar-refractivity contribution in [3.8, 4) is 17.5 Å². The van der Waals surface area contributed by atoms with Crippen molar-refractivity contribution in [2.45, 2.75) is 0 Å². The van der Waals surface area contributed by atoms with Gasteiger partial charge >= 0.3 is 0 Å². The third-order valence-corrected chi connectivity index (χ3v) is 1.74. The minimum Gasteiger partial charge on any atom is -0.508 e. The van der Waals surface area contributed by atoms with Crippen molar-refractivity contribution in [1.29, 1.82) is 5.26 Å². The first kappa shape index (κ1) is 8.26. The zero-order valence-corrected chi connectivity index (χ0v) is 7.12. The molecular formula is C9H6N4O. The van der Waals surface area contributed by atoms with Gasteiger partial charge in [-0.05, 0) is 24.3 Å². The molecule has 1 N–H and O–H groups in total. The van der Waals surface area contributed by atoms with Gasteiger partial charge in [0.05, 0.1) is 5.69 Å². The lowest BCUT2D eigenvalue weighted by Gasteiger charge is -2.00. The van der Waals surface area contributed by atoms with Crippen molar-refractivity contribution in [3.05, 3.63) is 36.4 Å². The van der Waals surface area contributed by atoms with E-state index in [1.165, 1.54) is 23.1 Å². The second kappa shape index (κ2) is 3.18. The van der Waals surface area contributed by atoms with E-state index in [1.54, 1.807) is 12.1 Å². The van der Waals surface area contributed by atoms with Crippen LogP contribution in [0.4, 0.5) is 0 Å². The predicted octanol–water partition coefficient (Wildman–Crippen LogP) is 0.845. The van der Waals surface area contributed by atoms with Crippen LogP contribution in [0.3, 0.4) is 0 Å². The van der Waals surface area contributed by atoms with Crippen LogP contribution in [0.15, 0.2) is 30.6 Å². The predicted molar refractivity (Wildman–Crippen MR) is 47.7 cm³/mol. The van der Waals surface area contributed by atoms with Gasteiger partial charge in [-0.15, -0.1) is 0 Å². The van der Waals surface area contributed by atoms with E-state index in [-0.39, 0.29) is 11.6 Å². The number of hydrogen-bond donors (Lipinski definition) is 1. The smallest absolute Gasteiger partial charge is 0.235 e. The monoisotopic (exact) mass is 186 g/mol. The molecule has 68 valence electrons. The average Bonchev–Trinajstić information content (AvgIpc) is 2.67. The minimum atomic E-state index is 0.173. The van der Waals surface area contributed by atoms with Gasteiger partial charge in [0.15, 0.2) is 0 Å². The molecule has 0 saturated carbocycles. The molecule has 0 aliphatic heterocycles. The lowest BCUT2D eigenvalue weighted by molar-refractivity contribution is 0.475. The zero-order chi connectivity index (χ0) is 9.97. The molecule has 0 radical (unpaired) electrons. The number of nitrogens with zero attached hydrogens (tertiary/aromatic N) is 4. The summed E-state index contributed by atoms with van der Waals surface area (Å²) in [5, 5.41) is 21.7. The molecule has 2 rings (SSSR count). The average molecular weight is 186 g/mol. The molecule has 1 aromatic carbocycles. The van der Waals surface area contributed by atoms with Gasteiger partial charge in [0, 0.05) is 0 Å². The molecule has 0 fully saturated rings. The Morgan fingerprint density at radius 2 is 2.00 bits per heavy atom. The largest absolute Gasteiger partial charge is 0.508 e. The molecule has 0 spiro atoms. The Morgan fingerprint density at radius 1 is 1.29 bits per heavy atom. The summed E-state index contributed by atoms with van der Waals surface area (Å²) < 4.78 is 1.40. The maximum atomic E-state index is 9.07. The summed E-state index contributed by atoms with van der Waals surface area (Å²) >= 11 is 0. The number of rotatable bonds is 1. The van der Waals surface area contributed by atoms with Gasteiger partial charge < -0.3 is 5.11 Å². The third kappa shape index (κ3) is 1.29. The molecule has 0 bridgehead atoms. The third-order valence-electron chi connectivity index (χ3n) is 1.74. The van der Waals surface area contributed by atoms with E-state index in [2.05, 4.69) is 10.1 Å². The summed E-state index contributed by atoms with van der Waals surface area (Å²) in [7, 11) is 0. The van der Waals surface area contributed by atoms with E-state index in [1.807, 2.05) is 6.07 Å². The number of phenolic OH excluding ortho intramolecular Hbond substituents is 1. The zero-order valence-electron chi connectivity index (χ0n) is 7.12. The normalized spacial score (nSPS) is 9.64. The van der Waals surface area contributed by atoms with Crippen LogP contribution in [0.5, 0.6) is 5.75 Å². The van der Waals surface area contributed by atoms with Gasteiger partial charge in [-0.3, -0.25) is 0 Å². The number of aromatic nitrogens is 3. The van der Waals surface area contributed by atoms with Crippen LogP contribution in [0.25, 0.3) is 5.69 Å². The highest BCUT2D eigenvalue weighted by Crippen LogP contribution is 2.13. The lowest BCUT2D eigenvalue weighted by atomic mass is 10.3. The maximum Gasteiger partial charge on any atom is 0.235 e. The van der Waals surface area contributed by atoms with Gasteiger partial charge in [-0.25, -0.2) is 9.67 Å². The van der Waals surface area contributed by atoms with Crippen molar-refractivity contribution >= 4 is 0 Å². The first-order valence-electron chi connectivity index (χ1n) is 3.91. The molecule has 1 heterocycles. The van der Waals surface area contributed by atoms with E-state index in [0.717, 1.165) is 0 Å². The Kier molecular flexibility index (Phi) is 1.88. The molecule has 5 nitrogen and oxygen atoms in total. The second-order valence-corrected chi connectivity index (χ2v) is 2.62. The Balaban J connectivity index is 2.50. The van der Waals surface area contributed by atoms with E-state index in [4.69, 9.17) is 10.4 Å². The summed E-state index contributed by atoms with van der Waals surface area (Å²) in [5.74, 6) is 0.392. The summed E-state index contributed by atoms with van der Waals surface area (Å²) in [6.45, 7) is 0. The van der Waals surface area contributed by atoms with Gasteiger partial charge in [0.2, 0.25) is 5.82 Å². The number of aromatic hydroxyl groups is 1. The van der Waals surface area contributed by atoms with Crippen molar-refractivity contribution in [3.63, 3.8) is 0 Å². The van der Waals surface area contributed by atoms with Crippen LogP contribution in [0.1, 0.15) is 5.82 Å². The minimum absolute atomic E-state index is 0.173. The van der Waals surface area contributed by atoms with Crippen LogP contribution >= 0.6 is 0 Å². The van der Waals surface area contributed by atoms with Crippen LogP contribution in [-0.2, 0) is 0 Å².